The summed E-state index contributed by atoms with van der Waals surface area (Å²) < 4.78 is 5.85. The maximum atomic E-state index is 5.85. The molecule has 0 fully saturated rings. The summed E-state index contributed by atoms with van der Waals surface area (Å²) in [6.07, 6.45) is 0. The Hall–Kier alpha value is -1.64. The van der Waals surface area contributed by atoms with Gasteiger partial charge in [-0.3, -0.25) is 0 Å². The lowest BCUT2D eigenvalue weighted by Crippen LogP contribution is -3.00. The molecule has 3 rings (SSSR count). The van der Waals surface area contributed by atoms with Crippen molar-refractivity contribution < 1.29 is 28.7 Å². The lowest BCUT2D eigenvalue weighted by atomic mass is 10.4. The second-order valence-corrected chi connectivity index (χ2v) is 9.15. The van der Waals surface area contributed by atoms with Gasteiger partial charge in [-0.1, -0.05) is 54.6 Å². The van der Waals surface area contributed by atoms with Gasteiger partial charge < -0.3 is 28.7 Å². The van der Waals surface area contributed by atoms with Crippen LogP contribution in [0.5, 0.6) is 0 Å². The zero-order valence-electron chi connectivity index (χ0n) is 15.2. The molecule has 0 aliphatic heterocycles. The molecule has 0 unspecified atom stereocenters. The number of rotatable bonds is 6. The van der Waals surface area contributed by atoms with Gasteiger partial charge in [-0.2, -0.15) is 0 Å². The largest absolute Gasteiger partial charge is 1.00 e. The van der Waals surface area contributed by atoms with E-state index in [2.05, 4.69) is 104 Å². The van der Waals surface area contributed by atoms with Crippen LogP contribution >= 0.6 is 7.26 Å². The van der Waals surface area contributed by atoms with Gasteiger partial charge in [0.05, 0.1) is 6.61 Å². The zero-order valence-corrected chi connectivity index (χ0v) is 18.2. The molecule has 1 nitrogen and oxygen atoms in total. The van der Waals surface area contributed by atoms with Crippen molar-refractivity contribution in [3.05, 3.63) is 103 Å². The molecule has 0 N–H and O–H groups in total. The van der Waals surface area contributed by atoms with Crippen LogP contribution in [0, 0.1) is 0 Å². The van der Waals surface area contributed by atoms with E-state index in [0.29, 0.717) is 6.61 Å². The fourth-order valence-electron chi connectivity index (χ4n) is 3.20. The predicted octanol–water partition coefficient (Wildman–Crippen LogP) is 1.88. The number of hydrogen-bond donors (Lipinski definition) is 0. The first-order valence-electron chi connectivity index (χ1n) is 8.65. The molecule has 0 amide bonds. The monoisotopic (exact) mass is 474 g/mol. The van der Waals surface area contributed by atoms with Crippen LogP contribution in [-0.2, 0) is 4.74 Å². The third-order valence-electron chi connectivity index (χ3n) is 4.24. The molecule has 0 aliphatic rings. The minimum Gasteiger partial charge on any atom is -1.00 e. The molecule has 134 valence electrons. The standard InChI is InChI=1S/C23H24OP.HI/c1-3-24-20(2)19-25(21-13-7-4-8-14-21,22-15-9-5-10-16-22)23-17-11-6-12-18-23;/h4-19H,3H2,1-2H3;1H/q+1;/p-1/b20-19+;. The lowest BCUT2D eigenvalue weighted by Gasteiger charge is -2.24. The van der Waals surface area contributed by atoms with E-state index in [4.69, 9.17) is 4.74 Å². The first-order chi connectivity index (χ1) is 12.3. The Morgan fingerprint density at radius 2 is 1.08 bits per heavy atom. The van der Waals surface area contributed by atoms with Crippen molar-refractivity contribution in [2.24, 2.45) is 0 Å². The molecule has 3 aromatic carbocycles. The minimum absolute atomic E-state index is 0. The Bertz CT molecular complexity index is 720. The third kappa shape index (κ3) is 4.36. The predicted molar refractivity (Wildman–Crippen MR) is 111 cm³/mol. The molecule has 0 radical (unpaired) electrons. The van der Waals surface area contributed by atoms with Gasteiger partial charge in [-0.25, -0.2) is 0 Å². The highest BCUT2D eigenvalue weighted by Gasteiger charge is 2.44. The van der Waals surface area contributed by atoms with Gasteiger partial charge >= 0.3 is 0 Å². The van der Waals surface area contributed by atoms with Crippen LogP contribution in [0.25, 0.3) is 0 Å². The Kier molecular flexibility index (Phi) is 7.86. The van der Waals surface area contributed by atoms with Crippen molar-refractivity contribution in [1.29, 1.82) is 0 Å². The maximum Gasteiger partial charge on any atom is 0.140 e. The molecule has 3 aromatic rings. The SMILES string of the molecule is CCO/C(C)=C/[P+](c1ccccc1)(c1ccccc1)c1ccccc1.[I-]. The smallest absolute Gasteiger partial charge is 0.140 e. The summed E-state index contributed by atoms with van der Waals surface area (Å²) >= 11 is 0. The van der Waals surface area contributed by atoms with E-state index in [1.165, 1.54) is 15.9 Å². The molecule has 0 saturated heterocycles. The number of benzene rings is 3. The lowest BCUT2D eigenvalue weighted by molar-refractivity contribution is -0.00000596. The molecule has 0 bridgehead atoms. The van der Waals surface area contributed by atoms with Crippen LogP contribution in [0.4, 0.5) is 0 Å². The van der Waals surface area contributed by atoms with Crippen molar-refractivity contribution in [2.45, 2.75) is 13.8 Å². The molecular weight excluding hydrogens is 450 g/mol. The molecular formula is C23H24IOP. The molecule has 0 saturated carbocycles. The van der Waals surface area contributed by atoms with Gasteiger partial charge in [0.15, 0.2) is 0 Å². The Labute approximate surface area is 174 Å². The van der Waals surface area contributed by atoms with E-state index < -0.39 is 7.26 Å². The van der Waals surface area contributed by atoms with Crippen LogP contribution in [-0.4, -0.2) is 6.61 Å². The highest BCUT2D eigenvalue weighted by Crippen LogP contribution is 2.57. The average Bonchev–Trinajstić information content (AvgIpc) is 2.68. The van der Waals surface area contributed by atoms with Gasteiger partial charge in [0, 0.05) is 0 Å². The van der Waals surface area contributed by atoms with Gasteiger partial charge in [0.25, 0.3) is 0 Å². The van der Waals surface area contributed by atoms with E-state index in [1.807, 2.05) is 6.92 Å². The second kappa shape index (κ2) is 9.89. The second-order valence-electron chi connectivity index (χ2n) is 5.90. The molecule has 0 spiro atoms. The van der Waals surface area contributed by atoms with E-state index >= 15 is 0 Å². The van der Waals surface area contributed by atoms with Crippen LogP contribution in [0.2, 0.25) is 0 Å². The van der Waals surface area contributed by atoms with E-state index in [9.17, 15) is 0 Å². The van der Waals surface area contributed by atoms with Crippen LogP contribution in [0.1, 0.15) is 13.8 Å². The highest BCUT2D eigenvalue weighted by atomic mass is 127. The quantitative estimate of drug-likeness (QED) is 0.301. The van der Waals surface area contributed by atoms with Crippen molar-refractivity contribution in [1.82, 2.24) is 0 Å². The van der Waals surface area contributed by atoms with E-state index in [1.54, 1.807) is 0 Å². The third-order valence-corrected chi connectivity index (χ3v) is 8.33. The molecule has 3 heteroatoms. The maximum absolute atomic E-state index is 5.85. The van der Waals surface area contributed by atoms with E-state index in [-0.39, 0.29) is 24.0 Å². The first-order valence-corrected chi connectivity index (χ1v) is 10.5. The molecule has 26 heavy (non-hydrogen) atoms. The van der Waals surface area contributed by atoms with Crippen molar-refractivity contribution in [3.8, 4) is 0 Å². The number of hydrogen-bond acceptors (Lipinski definition) is 1. The van der Waals surface area contributed by atoms with E-state index in [0.717, 1.165) is 5.76 Å². The summed E-state index contributed by atoms with van der Waals surface area (Å²) in [5.41, 5.74) is 0. The summed E-state index contributed by atoms with van der Waals surface area (Å²) in [5.74, 6) is 3.34. The van der Waals surface area contributed by atoms with Gasteiger partial charge in [-0.15, -0.1) is 0 Å². The van der Waals surface area contributed by atoms with Gasteiger partial charge in [0.1, 0.15) is 34.8 Å². The number of ether oxygens (including phenoxy) is 1. The molecule has 0 aliphatic carbocycles. The summed E-state index contributed by atoms with van der Waals surface area (Å²) in [6.45, 7) is 4.78. The van der Waals surface area contributed by atoms with Crippen LogP contribution in [0.15, 0.2) is 103 Å². The normalized spacial score (nSPS) is 11.5. The molecule has 0 aromatic heterocycles. The van der Waals surface area contributed by atoms with Crippen molar-refractivity contribution in [2.75, 3.05) is 6.61 Å². The van der Waals surface area contributed by atoms with Crippen LogP contribution < -0.4 is 39.9 Å². The topological polar surface area (TPSA) is 9.23 Å². The van der Waals surface area contributed by atoms with Crippen molar-refractivity contribution in [3.63, 3.8) is 0 Å². The Morgan fingerprint density at radius 3 is 1.38 bits per heavy atom. The Morgan fingerprint density at radius 1 is 0.731 bits per heavy atom. The summed E-state index contributed by atoms with van der Waals surface area (Å²) in [5, 5.41) is 4.02. The highest BCUT2D eigenvalue weighted by molar-refractivity contribution is 7.98. The first kappa shape index (κ1) is 20.7. The average molecular weight is 474 g/mol. The summed E-state index contributed by atoms with van der Waals surface area (Å²) in [6, 6.07) is 32.4. The number of allylic oxidation sites excluding steroid dienone is 1. The summed E-state index contributed by atoms with van der Waals surface area (Å²) in [4.78, 5) is 0. The fourth-order valence-corrected chi connectivity index (χ4v) is 7.09. The number of halogens is 1. The molecule has 0 atom stereocenters. The fraction of sp³-hybridized carbons (Fsp3) is 0.130. The zero-order chi connectivity index (χ0) is 17.5. The van der Waals surface area contributed by atoms with Gasteiger partial charge in [-0.05, 0) is 50.2 Å². The summed E-state index contributed by atoms with van der Waals surface area (Å²) in [7, 11) is -1.93. The van der Waals surface area contributed by atoms with Gasteiger partial charge in [0.2, 0.25) is 0 Å². The Balaban J connectivity index is 0.00000243. The van der Waals surface area contributed by atoms with Crippen molar-refractivity contribution >= 4 is 23.2 Å². The minimum atomic E-state index is -1.93. The van der Waals surface area contributed by atoms with Crippen LogP contribution in [0.3, 0.4) is 0 Å². The molecule has 0 heterocycles.